The van der Waals surface area contributed by atoms with E-state index in [1.807, 2.05) is 12.1 Å². The summed E-state index contributed by atoms with van der Waals surface area (Å²) < 4.78 is 38.3. The van der Waals surface area contributed by atoms with Crippen molar-refractivity contribution in [2.45, 2.75) is 50.2 Å². The second-order valence-electron chi connectivity index (χ2n) is 8.35. The van der Waals surface area contributed by atoms with E-state index >= 15 is 0 Å². The third kappa shape index (κ3) is 4.85. The molecule has 8 heteroatoms. The molecule has 1 unspecified atom stereocenters. The molecule has 2 heterocycles. The molecule has 4 rings (SSSR count). The summed E-state index contributed by atoms with van der Waals surface area (Å²) in [6.45, 7) is 0.208. The Balaban J connectivity index is 1.58. The summed E-state index contributed by atoms with van der Waals surface area (Å²) in [6.07, 6.45) is 3.89. The standard InChI is InChI=1S/C23H27F2N3O3/c1-30-12-18(17-10-16(25)11-27-22(17)29)14-4-7-21-20(9-14)28-23(31-21)19(26)8-13-2-5-15(24)6-3-13/h4,7,9-11,13,15,18-19H,2-3,5-6,8,12,26H2,1H3,(H,27,29)/t13?,15?,18-,19?/m1/s1. The van der Waals surface area contributed by atoms with Crippen molar-refractivity contribution in [3.8, 4) is 0 Å². The number of alkyl halides is 1. The molecule has 1 aromatic carbocycles. The first-order valence-corrected chi connectivity index (χ1v) is 10.6. The molecule has 0 radical (unpaired) electrons. The number of rotatable bonds is 7. The van der Waals surface area contributed by atoms with Crippen LogP contribution in [0.5, 0.6) is 0 Å². The van der Waals surface area contributed by atoms with Crippen LogP contribution in [0.4, 0.5) is 8.78 Å². The zero-order chi connectivity index (χ0) is 22.0. The maximum Gasteiger partial charge on any atom is 0.252 e. The van der Waals surface area contributed by atoms with Gasteiger partial charge in [-0.25, -0.2) is 13.8 Å². The number of aromatic nitrogens is 2. The Morgan fingerprint density at radius 3 is 2.81 bits per heavy atom. The van der Waals surface area contributed by atoms with E-state index in [1.165, 1.54) is 13.2 Å². The monoisotopic (exact) mass is 431 g/mol. The fraction of sp³-hybridized carbons (Fsp3) is 0.478. The van der Waals surface area contributed by atoms with Crippen LogP contribution in [0.1, 0.15) is 61.1 Å². The van der Waals surface area contributed by atoms with Crippen LogP contribution >= 0.6 is 0 Å². The molecule has 0 aliphatic heterocycles. The lowest BCUT2D eigenvalue weighted by Gasteiger charge is -2.25. The van der Waals surface area contributed by atoms with E-state index in [1.54, 1.807) is 6.07 Å². The molecular formula is C23H27F2N3O3. The molecule has 2 atom stereocenters. The van der Waals surface area contributed by atoms with Gasteiger partial charge in [-0.2, -0.15) is 0 Å². The van der Waals surface area contributed by atoms with E-state index in [0.29, 0.717) is 42.2 Å². The van der Waals surface area contributed by atoms with Crippen molar-refractivity contribution in [1.29, 1.82) is 0 Å². The molecule has 166 valence electrons. The molecule has 0 spiro atoms. The second kappa shape index (κ2) is 9.28. The van der Waals surface area contributed by atoms with Crippen LogP contribution in [0.15, 0.2) is 39.7 Å². The maximum absolute atomic E-state index is 13.7. The van der Waals surface area contributed by atoms with Gasteiger partial charge >= 0.3 is 0 Å². The minimum atomic E-state index is -0.694. The first-order valence-electron chi connectivity index (χ1n) is 10.6. The lowest BCUT2D eigenvalue weighted by Crippen LogP contribution is -2.21. The van der Waals surface area contributed by atoms with Crippen LogP contribution in [0.25, 0.3) is 11.1 Å². The smallest absolute Gasteiger partial charge is 0.252 e. The number of fused-ring (bicyclic) bond motifs is 1. The van der Waals surface area contributed by atoms with E-state index in [0.717, 1.165) is 24.6 Å². The Hall–Kier alpha value is -2.58. The van der Waals surface area contributed by atoms with Gasteiger partial charge in [0.2, 0.25) is 5.89 Å². The van der Waals surface area contributed by atoms with Gasteiger partial charge in [-0.05, 0) is 61.8 Å². The van der Waals surface area contributed by atoms with Crippen molar-refractivity contribution in [3.63, 3.8) is 0 Å². The number of nitrogens with zero attached hydrogens (tertiary/aromatic N) is 1. The largest absolute Gasteiger partial charge is 0.439 e. The number of ether oxygens (including phenoxy) is 1. The zero-order valence-electron chi connectivity index (χ0n) is 17.4. The van der Waals surface area contributed by atoms with E-state index in [9.17, 15) is 13.6 Å². The fourth-order valence-corrected chi connectivity index (χ4v) is 4.42. The third-order valence-corrected chi connectivity index (χ3v) is 6.12. The molecule has 0 saturated heterocycles. The molecule has 6 nitrogen and oxygen atoms in total. The van der Waals surface area contributed by atoms with Gasteiger partial charge in [0.25, 0.3) is 5.56 Å². The number of pyridine rings is 1. The van der Waals surface area contributed by atoms with Gasteiger partial charge in [0.1, 0.15) is 17.5 Å². The highest BCUT2D eigenvalue weighted by molar-refractivity contribution is 5.74. The van der Waals surface area contributed by atoms with E-state index in [4.69, 9.17) is 14.9 Å². The number of nitrogens with two attached hydrogens (primary N) is 1. The molecule has 3 aromatic rings. The van der Waals surface area contributed by atoms with Crippen LogP contribution in [-0.4, -0.2) is 29.9 Å². The SMILES string of the molecule is COC[C@H](c1ccc2oc(C(N)CC3CCC(F)CC3)nc2c1)c1cc(F)c[nH]c1=O. The van der Waals surface area contributed by atoms with Gasteiger partial charge in [-0.15, -0.1) is 0 Å². The van der Waals surface area contributed by atoms with Crippen LogP contribution in [0, 0.1) is 11.7 Å². The Labute approximate surface area is 178 Å². The number of oxazole rings is 1. The zero-order valence-corrected chi connectivity index (χ0v) is 17.4. The highest BCUT2D eigenvalue weighted by atomic mass is 19.1. The average molecular weight is 431 g/mol. The summed E-state index contributed by atoms with van der Waals surface area (Å²) in [5.41, 5.74) is 8.22. The van der Waals surface area contributed by atoms with Crippen LogP contribution in [-0.2, 0) is 4.74 Å². The molecule has 0 amide bonds. The number of aromatic amines is 1. The molecule has 1 fully saturated rings. The number of hydrogen-bond acceptors (Lipinski definition) is 5. The van der Waals surface area contributed by atoms with Gasteiger partial charge in [0.05, 0.1) is 12.6 Å². The molecule has 2 aromatic heterocycles. The normalized spacial score (nSPS) is 21.3. The second-order valence-corrected chi connectivity index (χ2v) is 8.35. The van der Waals surface area contributed by atoms with E-state index < -0.39 is 17.9 Å². The minimum Gasteiger partial charge on any atom is -0.439 e. The predicted octanol–water partition coefficient (Wildman–Crippen LogP) is 4.35. The van der Waals surface area contributed by atoms with Gasteiger partial charge in [0.15, 0.2) is 5.58 Å². The summed E-state index contributed by atoms with van der Waals surface area (Å²) >= 11 is 0. The molecular weight excluding hydrogens is 404 g/mol. The number of benzene rings is 1. The van der Waals surface area contributed by atoms with Crippen molar-refractivity contribution in [2.75, 3.05) is 13.7 Å². The molecule has 1 aliphatic rings. The van der Waals surface area contributed by atoms with Crippen LogP contribution in [0.3, 0.4) is 0 Å². The number of halogens is 2. The van der Waals surface area contributed by atoms with Crippen molar-refractivity contribution in [1.82, 2.24) is 9.97 Å². The lowest BCUT2D eigenvalue weighted by atomic mass is 9.84. The van der Waals surface area contributed by atoms with Crippen molar-refractivity contribution >= 4 is 11.1 Å². The van der Waals surface area contributed by atoms with Crippen LogP contribution < -0.4 is 11.3 Å². The van der Waals surface area contributed by atoms with Gasteiger partial charge < -0.3 is 19.9 Å². The van der Waals surface area contributed by atoms with Crippen molar-refractivity contribution in [2.24, 2.45) is 11.7 Å². The Morgan fingerprint density at radius 1 is 1.29 bits per heavy atom. The molecule has 31 heavy (non-hydrogen) atoms. The predicted molar refractivity (Wildman–Crippen MR) is 113 cm³/mol. The number of methoxy groups -OCH3 is 1. The van der Waals surface area contributed by atoms with E-state index in [2.05, 4.69) is 9.97 Å². The summed E-state index contributed by atoms with van der Waals surface area (Å²) in [5, 5.41) is 0. The van der Waals surface area contributed by atoms with Gasteiger partial charge in [0, 0.05) is 24.8 Å². The Morgan fingerprint density at radius 2 is 2.06 bits per heavy atom. The molecule has 1 aliphatic carbocycles. The molecule has 3 N–H and O–H groups in total. The quantitative estimate of drug-likeness (QED) is 0.580. The third-order valence-electron chi connectivity index (χ3n) is 6.12. The highest BCUT2D eigenvalue weighted by Gasteiger charge is 2.25. The highest BCUT2D eigenvalue weighted by Crippen LogP contribution is 2.33. The average Bonchev–Trinajstić information content (AvgIpc) is 3.19. The summed E-state index contributed by atoms with van der Waals surface area (Å²) in [4.78, 5) is 19.3. The van der Waals surface area contributed by atoms with Gasteiger partial charge in [-0.3, -0.25) is 4.79 Å². The summed E-state index contributed by atoms with van der Waals surface area (Å²) in [5.74, 6) is -0.161. The summed E-state index contributed by atoms with van der Waals surface area (Å²) in [6, 6.07) is 6.27. The molecule has 0 bridgehead atoms. The molecule has 1 saturated carbocycles. The summed E-state index contributed by atoms with van der Waals surface area (Å²) in [7, 11) is 1.53. The van der Waals surface area contributed by atoms with Crippen molar-refractivity contribution in [3.05, 3.63) is 63.7 Å². The first-order chi connectivity index (χ1) is 14.9. The van der Waals surface area contributed by atoms with Crippen molar-refractivity contribution < 1.29 is 17.9 Å². The number of hydrogen-bond donors (Lipinski definition) is 2. The number of H-pyrrole nitrogens is 1. The first kappa shape index (κ1) is 21.6. The van der Waals surface area contributed by atoms with Gasteiger partial charge in [-0.1, -0.05) is 6.07 Å². The minimum absolute atomic E-state index is 0.208. The fourth-order valence-electron chi connectivity index (χ4n) is 4.42. The Bertz CT molecular complexity index is 1090. The lowest BCUT2D eigenvalue weighted by molar-refractivity contribution is 0.189. The van der Waals surface area contributed by atoms with E-state index in [-0.39, 0.29) is 23.8 Å². The maximum atomic E-state index is 13.7. The number of nitrogens with one attached hydrogen (secondary N) is 1. The Kier molecular flexibility index (Phi) is 6.48. The topological polar surface area (TPSA) is 94.1 Å². The van der Waals surface area contributed by atoms with Crippen LogP contribution in [0.2, 0.25) is 0 Å².